The Balaban J connectivity index is 2.96. The highest BCUT2D eigenvalue weighted by atomic mass is 79.9. The standard InChI is InChI=1S/C10H17BrN2S/c1-10(2,13(3)4)9(12)7-5-14-6-8(7)11/h5-6,9H,12H2,1-4H3. The highest BCUT2D eigenvalue weighted by Crippen LogP contribution is 2.33. The molecule has 1 aromatic rings. The van der Waals surface area contributed by atoms with Crippen LogP contribution in [-0.4, -0.2) is 24.5 Å². The molecule has 0 aliphatic rings. The lowest BCUT2D eigenvalue weighted by Gasteiger charge is -2.38. The quantitative estimate of drug-likeness (QED) is 0.920. The summed E-state index contributed by atoms with van der Waals surface area (Å²) in [5.41, 5.74) is 7.40. The van der Waals surface area contributed by atoms with E-state index in [0.29, 0.717) is 0 Å². The van der Waals surface area contributed by atoms with Crippen molar-refractivity contribution in [3.8, 4) is 0 Å². The average Bonchev–Trinajstić information content (AvgIpc) is 2.49. The Bertz CT molecular complexity index is 307. The topological polar surface area (TPSA) is 29.3 Å². The minimum Gasteiger partial charge on any atom is -0.322 e. The smallest absolute Gasteiger partial charge is 0.0496 e. The van der Waals surface area contributed by atoms with Crippen molar-refractivity contribution >= 4 is 27.3 Å². The van der Waals surface area contributed by atoms with Crippen LogP contribution in [0.3, 0.4) is 0 Å². The monoisotopic (exact) mass is 276 g/mol. The Morgan fingerprint density at radius 2 is 2.00 bits per heavy atom. The molecule has 14 heavy (non-hydrogen) atoms. The fourth-order valence-corrected chi connectivity index (χ4v) is 2.75. The molecule has 0 aromatic carbocycles. The van der Waals surface area contributed by atoms with Crippen molar-refractivity contribution in [2.45, 2.75) is 25.4 Å². The Morgan fingerprint density at radius 3 is 2.36 bits per heavy atom. The summed E-state index contributed by atoms with van der Waals surface area (Å²) in [5, 5.41) is 4.18. The molecule has 0 radical (unpaired) electrons. The van der Waals surface area contributed by atoms with Gasteiger partial charge in [-0.15, -0.1) is 0 Å². The summed E-state index contributed by atoms with van der Waals surface area (Å²) in [4.78, 5) is 2.15. The zero-order valence-electron chi connectivity index (χ0n) is 9.04. The molecule has 0 amide bonds. The van der Waals surface area contributed by atoms with E-state index in [1.165, 1.54) is 5.56 Å². The van der Waals surface area contributed by atoms with Crippen LogP contribution >= 0.6 is 27.3 Å². The fraction of sp³-hybridized carbons (Fsp3) is 0.600. The lowest BCUT2D eigenvalue weighted by atomic mass is 9.90. The summed E-state index contributed by atoms with van der Waals surface area (Å²) in [6.45, 7) is 4.31. The van der Waals surface area contributed by atoms with Gasteiger partial charge in [0.2, 0.25) is 0 Å². The van der Waals surface area contributed by atoms with E-state index in [1.807, 2.05) is 0 Å². The molecule has 80 valence electrons. The summed E-state index contributed by atoms with van der Waals surface area (Å²) >= 11 is 5.20. The summed E-state index contributed by atoms with van der Waals surface area (Å²) in [7, 11) is 4.11. The molecular formula is C10H17BrN2S. The van der Waals surface area contributed by atoms with E-state index in [2.05, 4.69) is 59.5 Å². The molecular weight excluding hydrogens is 260 g/mol. The van der Waals surface area contributed by atoms with Gasteiger partial charge in [-0.2, -0.15) is 11.3 Å². The molecule has 0 aliphatic heterocycles. The molecule has 1 atom stereocenters. The number of nitrogens with two attached hydrogens (primary N) is 1. The zero-order valence-corrected chi connectivity index (χ0v) is 11.4. The third kappa shape index (κ3) is 2.19. The van der Waals surface area contributed by atoms with E-state index in [0.717, 1.165) is 4.47 Å². The molecule has 0 spiro atoms. The van der Waals surface area contributed by atoms with Crippen molar-refractivity contribution in [3.63, 3.8) is 0 Å². The first-order valence-electron chi connectivity index (χ1n) is 4.52. The van der Waals surface area contributed by atoms with Crippen LogP contribution in [0.25, 0.3) is 0 Å². The van der Waals surface area contributed by atoms with Crippen LogP contribution in [0.4, 0.5) is 0 Å². The number of hydrogen-bond acceptors (Lipinski definition) is 3. The SMILES string of the molecule is CN(C)C(C)(C)C(N)c1cscc1Br. The Hall–Kier alpha value is 0.100. The lowest BCUT2D eigenvalue weighted by molar-refractivity contribution is 0.159. The van der Waals surface area contributed by atoms with Crippen LogP contribution in [0.1, 0.15) is 25.5 Å². The third-order valence-electron chi connectivity index (χ3n) is 2.89. The van der Waals surface area contributed by atoms with Crippen LogP contribution in [-0.2, 0) is 0 Å². The number of halogens is 1. The average molecular weight is 277 g/mol. The highest BCUT2D eigenvalue weighted by Gasteiger charge is 2.31. The first kappa shape index (κ1) is 12.2. The summed E-state index contributed by atoms with van der Waals surface area (Å²) in [6, 6.07) is 0.0260. The Morgan fingerprint density at radius 1 is 1.43 bits per heavy atom. The molecule has 1 unspecified atom stereocenters. The number of nitrogens with zero attached hydrogens (tertiary/aromatic N) is 1. The van der Waals surface area contributed by atoms with Crippen molar-refractivity contribution < 1.29 is 0 Å². The molecule has 1 rings (SSSR count). The van der Waals surface area contributed by atoms with Crippen molar-refractivity contribution in [2.24, 2.45) is 5.73 Å². The third-order valence-corrected chi connectivity index (χ3v) is 4.64. The molecule has 0 bridgehead atoms. The van der Waals surface area contributed by atoms with Crippen LogP contribution in [0, 0.1) is 0 Å². The van der Waals surface area contributed by atoms with E-state index < -0.39 is 0 Å². The largest absolute Gasteiger partial charge is 0.322 e. The maximum atomic E-state index is 6.25. The van der Waals surface area contributed by atoms with Gasteiger partial charge in [0, 0.05) is 21.4 Å². The molecule has 0 aliphatic carbocycles. The van der Waals surface area contributed by atoms with Gasteiger partial charge in [-0.3, -0.25) is 0 Å². The predicted molar refractivity (Wildman–Crippen MR) is 66.7 cm³/mol. The van der Waals surface area contributed by atoms with Gasteiger partial charge in [-0.05, 0) is 54.8 Å². The van der Waals surface area contributed by atoms with Crippen molar-refractivity contribution in [1.82, 2.24) is 4.90 Å². The van der Waals surface area contributed by atoms with E-state index >= 15 is 0 Å². The molecule has 0 saturated carbocycles. The highest BCUT2D eigenvalue weighted by molar-refractivity contribution is 9.10. The van der Waals surface area contributed by atoms with E-state index in [9.17, 15) is 0 Å². The maximum absolute atomic E-state index is 6.25. The van der Waals surface area contributed by atoms with Gasteiger partial charge < -0.3 is 10.6 Å². The molecule has 2 nitrogen and oxygen atoms in total. The van der Waals surface area contributed by atoms with Crippen molar-refractivity contribution in [2.75, 3.05) is 14.1 Å². The zero-order chi connectivity index (χ0) is 10.9. The second-order valence-corrected chi connectivity index (χ2v) is 5.80. The fourth-order valence-electron chi connectivity index (χ4n) is 1.17. The molecule has 1 heterocycles. The van der Waals surface area contributed by atoms with Crippen LogP contribution in [0.15, 0.2) is 15.2 Å². The maximum Gasteiger partial charge on any atom is 0.0496 e. The van der Waals surface area contributed by atoms with Gasteiger partial charge >= 0.3 is 0 Å². The lowest BCUT2D eigenvalue weighted by Crippen LogP contribution is -2.47. The Labute approximate surface area is 98.2 Å². The summed E-state index contributed by atoms with van der Waals surface area (Å²) in [5.74, 6) is 0. The van der Waals surface area contributed by atoms with E-state index in [4.69, 9.17) is 5.73 Å². The van der Waals surface area contributed by atoms with E-state index in [1.54, 1.807) is 11.3 Å². The van der Waals surface area contributed by atoms with Crippen LogP contribution in [0.2, 0.25) is 0 Å². The Kier molecular flexibility index (Phi) is 3.75. The summed E-state index contributed by atoms with van der Waals surface area (Å²) in [6.07, 6.45) is 0. The molecule has 2 N–H and O–H groups in total. The number of thiophene rings is 1. The van der Waals surface area contributed by atoms with Gasteiger partial charge in [0.25, 0.3) is 0 Å². The van der Waals surface area contributed by atoms with Gasteiger partial charge in [0.05, 0.1) is 0 Å². The second-order valence-electron chi connectivity index (χ2n) is 4.20. The molecule has 0 saturated heterocycles. The normalized spacial score (nSPS) is 14.8. The van der Waals surface area contributed by atoms with Crippen molar-refractivity contribution in [1.29, 1.82) is 0 Å². The summed E-state index contributed by atoms with van der Waals surface area (Å²) < 4.78 is 1.12. The van der Waals surface area contributed by atoms with Gasteiger partial charge in [-0.1, -0.05) is 0 Å². The molecule has 1 aromatic heterocycles. The number of hydrogen-bond donors (Lipinski definition) is 1. The first-order chi connectivity index (χ1) is 6.37. The minimum atomic E-state index is -0.0381. The predicted octanol–water partition coefficient (Wildman–Crippen LogP) is 2.85. The number of likely N-dealkylation sites (N-methyl/N-ethyl adjacent to an activating group) is 1. The van der Waals surface area contributed by atoms with Crippen molar-refractivity contribution in [3.05, 3.63) is 20.8 Å². The van der Waals surface area contributed by atoms with Crippen LogP contribution in [0.5, 0.6) is 0 Å². The van der Waals surface area contributed by atoms with Gasteiger partial charge in [-0.25, -0.2) is 0 Å². The van der Waals surface area contributed by atoms with Gasteiger partial charge in [0.15, 0.2) is 0 Å². The van der Waals surface area contributed by atoms with Gasteiger partial charge in [0.1, 0.15) is 0 Å². The number of rotatable bonds is 3. The molecule has 0 fully saturated rings. The van der Waals surface area contributed by atoms with E-state index in [-0.39, 0.29) is 11.6 Å². The second kappa shape index (κ2) is 4.31. The minimum absolute atomic E-state index is 0.0260. The molecule has 4 heteroatoms. The first-order valence-corrected chi connectivity index (χ1v) is 6.25. The van der Waals surface area contributed by atoms with Crippen LogP contribution < -0.4 is 5.73 Å².